The number of nitrogens with zero attached hydrogens (tertiary/aromatic N) is 5. The van der Waals surface area contributed by atoms with Crippen LogP contribution in [0.25, 0.3) is 0 Å². The summed E-state index contributed by atoms with van der Waals surface area (Å²) < 4.78 is 4.99. The summed E-state index contributed by atoms with van der Waals surface area (Å²) in [5, 5.41) is 10.7. The molecule has 2 aromatic heterocycles. The number of nitrogens with one attached hydrogen (secondary N) is 1. The second-order valence-electron chi connectivity index (χ2n) is 5.33. The highest BCUT2D eigenvalue weighted by molar-refractivity contribution is 7.14. The molecule has 23 heavy (non-hydrogen) atoms. The van der Waals surface area contributed by atoms with Gasteiger partial charge in [-0.25, -0.2) is 4.99 Å². The second-order valence-corrected chi connectivity index (χ2v) is 6.25. The maximum Gasteiger partial charge on any atom is 0.223 e. The molecule has 0 bridgehead atoms. The Balaban J connectivity index is 1.60. The van der Waals surface area contributed by atoms with Crippen LogP contribution in [0.2, 0.25) is 0 Å². The van der Waals surface area contributed by atoms with Crippen LogP contribution in [-0.4, -0.2) is 53.7 Å². The molecule has 1 aliphatic rings. The van der Waals surface area contributed by atoms with Crippen molar-refractivity contribution in [2.75, 3.05) is 37.6 Å². The van der Waals surface area contributed by atoms with E-state index in [0.717, 1.165) is 38.7 Å². The van der Waals surface area contributed by atoms with Crippen LogP contribution in [0.15, 0.2) is 27.0 Å². The van der Waals surface area contributed by atoms with Crippen LogP contribution in [0, 0.1) is 6.92 Å². The zero-order valence-corrected chi connectivity index (χ0v) is 14.3. The molecule has 3 heterocycles. The van der Waals surface area contributed by atoms with Crippen LogP contribution >= 0.6 is 11.3 Å². The van der Waals surface area contributed by atoms with E-state index in [2.05, 4.69) is 54.7 Å². The van der Waals surface area contributed by atoms with E-state index in [1.807, 2.05) is 0 Å². The number of hydrogen-bond acceptors (Lipinski definition) is 6. The number of anilines is 1. The Hall–Kier alpha value is -2.09. The van der Waals surface area contributed by atoms with Crippen LogP contribution in [0.5, 0.6) is 0 Å². The SMILES string of the molecule is CCNC(=NCc1noc(C)n1)N1CCN(c2cccs2)CC1. The molecule has 0 aromatic carbocycles. The standard InChI is InChI=1S/C15H22N6OS/c1-3-16-15(17-11-13-18-12(2)22-19-13)21-8-6-20(7-9-21)14-5-4-10-23-14/h4-5,10H,3,6-9,11H2,1-2H3,(H,16,17). The van der Waals surface area contributed by atoms with Gasteiger partial charge in [0.1, 0.15) is 6.54 Å². The van der Waals surface area contributed by atoms with Gasteiger partial charge in [-0.05, 0) is 24.4 Å². The van der Waals surface area contributed by atoms with Gasteiger partial charge in [0.25, 0.3) is 0 Å². The lowest BCUT2D eigenvalue weighted by molar-refractivity contribution is 0.372. The smallest absolute Gasteiger partial charge is 0.223 e. The Morgan fingerprint density at radius 2 is 2.22 bits per heavy atom. The lowest BCUT2D eigenvalue weighted by Crippen LogP contribution is -2.52. The molecule has 1 N–H and O–H groups in total. The first-order chi connectivity index (χ1) is 11.3. The van der Waals surface area contributed by atoms with Crippen molar-refractivity contribution in [2.45, 2.75) is 20.4 Å². The predicted molar refractivity (Wildman–Crippen MR) is 92.0 cm³/mol. The van der Waals surface area contributed by atoms with Crippen molar-refractivity contribution in [3.63, 3.8) is 0 Å². The fraction of sp³-hybridized carbons (Fsp3) is 0.533. The van der Waals surface area contributed by atoms with Gasteiger partial charge < -0.3 is 19.6 Å². The summed E-state index contributed by atoms with van der Waals surface area (Å²) in [6.07, 6.45) is 0. The first-order valence-electron chi connectivity index (χ1n) is 7.87. The Bertz CT molecular complexity index is 630. The van der Waals surface area contributed by atoms with Crippen molar-refractivity contribution >= 4 is 22.3 Å². The molecular weight excluding hydrogens is 312 g/mol. The molecule has 0 radical (unpaired) electrons. The predicted octanol–water partition coefficient (Wildman–Crippen LogP) is 1.73. The number of hydrogen-bond donors (Lipinski definition) is 1. The van der Waals surface area contributed by atoms with Crippen molar-refractivity contribution in [1.29, 1.82) is 0 Å². The summed E-state index contributed by atoms with van der Waals surface area (Å²) in [6.45, 7) is 9.06. The van der Waals surface area contributed by atoms with Crippen molar-refractivity contribution in [3.05, 3.63) is 29.2 Å². The van der Waals surface area contributed by atoms with Gasteiger partial charge in [-0.2, -0.15) is 4.98 Å². The maximum atomic E-state index is 4.99. The first-order valence-corrected chi connectivity index (χ1v) is 8.75. The van der Waals surface area contributed by atoms with Gasteiger partial charge in [-0.3, -0.25) is 0 Å². The molecule has 3 rings (SSSR count). The molecule has 7 nitrogen and oxygen atoms in total. The van der Waals surface area contributed by atoms with Crippen LogP contribution in [-0.2, 0) is 6.54 Å². The number of thiophene rings is 1. The molecule has 0 atom stereocenters. The van der Waals surface area contributed by atoms with E-state index in [-0.39, 0.29) is 0 Å². The maximum absolute atomic E-state index is 4.99. The Labute approximate surface area is 140 Å². The molecule has 1 aliphatic heterocycles. The quantitative estimate of drug-likeness (QED) is 0.678. The number of aliphatic imine (C=N–C) groups is 1. The first kappa shape index (κ1) is 15.8. The molecule has 0 spiro atoms. The van der Waals surface area contributed by atoms with Gasteiger partial charge >= 0.3 is 0 Å². The topological polar surface area (TPSA) is 69.8 Å². The number of guanidine groups is 1. The fourth-order valence-corrected chi connectivity index (χ4v) is 3.35. The summed E-state index contributed by atoms with van der Waals surface area (Å²) in [7, 11) is 0. The largest absolute Gasteiger partial charge is 0.360 e. The van der Waals surface area contributed by atoms with Gasteiger partial charge in [-0.15, -0.1) is 11.3 Å². The summed E-state index contributed by atoms with van der Waals surface area (Å²) in [4.78, 5) is 13.6. The fourth-order valence-electron chi connectivity index (χ4n) is 2.57. The highest BCUT2D eigenvalue weighted by atomic mass is 32.1. The minimum absolute atomic E-state index is 0.435. The molecule has 1 saturated heterocycles. The molecule has 124 valence electrons. The highest BCUT2D eigenvalue weighted by Gasteiger charge is 2.20. The van der Waals surface area contributed by atoms with E-state index in [0.29, 0.717) is 18.3 Å². The van der Waals surface area contributed by atoms with E-state index >= 15 is 0 Å². The monoisotopic (exact) mass is 334 g/mol. The number of piperazine rings is 1. The molecule has 8 heteroatoms. The summed E-state index contributed by atoms with van der Waals surface area (Å²) >= 11 is 1.79. The zero-order chi connectivity index (χ0) is 16.1. The summed E-state index contributed by atoms with van der Waals surface area (Å²) in [5.41, 5.74) is 0. The van der Waals surface area contributed by atoms with Crippen LogP contribution in [0.4, 0.5) is 5.00 Å². The minimum Gasteiger partial charge on any atom is -0.360 e. The lowest BCUT2D eigenvalue weighted by Gasteiger charge is -2.37. The number of aromatic nitrogens is 2. The average Bonchev–Trinajstić information content (AvgIpc) is 3.23. The van der Waals surface area contributed by atoms with Crippen LogP contribution in [0.1, 0.15) is 18.6 Å². The van der Waals surface area contributed by atoms with E-state index in [4.69, 9.17) is 4.52 Å². The van der Waals surface area contributed by atoms with Crippen LogP contribution < -0.4 is 10.2 Å². The van der Waals surface area contributed by atoms with Crippen LogP contribution in [0.3, 0.4) is 0 Å². The normalized spacial score (nSPS) is 16.0. The Kier molecular flexibility index (Phi) is 5.12. The van der Waals surface area contributed by atoms with Crippen molar-refractivity contribution < 1.29 is 4.52 Å². The lowest BCUT2D eigenvalue weighted by atomic mass is 10.3. The molecule has 0 aliphatic carbocycles. The van der Waals surface area contributed by atoms with E-state index in [1.54, 1.807) is 18.3 Å². The molecule has 1 fully saturated rings. The average molecular weight is 334 g/mol. The summed E-state index contributed by atoms with van der Waals surface area (Å²) in [6, 6.07) is 4.28. The molecule has 2 aromatic rings. The Morgan fingerprint density at radius 3 is 2.83 bits per heavy atom. The second kappa shape index (κ2) is 7.45. The third-order valence-electron chi connectivity index (χ3n) is 3.67. The van der Waals surface area contributed by atoms with Gasteiger partial charge in [0.05, 0.1) is 5.00 Å². The molecule has 0 saturated carbocycles. The van der Waals surface area contributed by atoms with E-state index < -0.39 is 0 Å². The van der Waals surface area contributed by atoms with Gasteiger partial charge in [0.15, 0.2) is 11.8 Å². The van der Waals surface area contributed by atoms with Crippen molar-refractivity contribution in [3.8, 4) is 0 Å². The van der Waals surface area contributed by atoms with Gasteiger partial charge in [0.2, 0.25) is 5.89 Å². The van der Waals surface area contributed by atoms with Gasteiger partial charge in [0, 0.05) is 39.6 Å². The third kappa shape index (κ3) is 4.01. The summed E-state index contributed by atoms with van der Waals surface area (Å²) in [5.74, 6) is 2.11. The minimum atomic E-state index is 0.435. The van der Waals surface area contributed by atoms with Crippen molar-refractivity contribution in [2.24, 2.45) is 4.99 Å². The number of rotatable bonds is 4. The number of aryl methyl sites for hydroxylation is 1. The third-order valence-corrected chi connectivity index (χ3v) is 4.60. The highest BCUT2D eigenvalue weighted by Crippen LogP contribution is 2.22. The zero-order valence-electron chi connectivity index (χ0n) is 13.5. The van der Waals surface area contributed by atoms with Crippen molar-refractivity contribution in [1.82, 2.24) is 20.4 Å². The molecule has 0 amide bonds. The molecular formula is C15H22N6OS. The Morgan fingerprint density at radius 1 is 1.39 bits per heavy atom. The van der Waals surface area contributed by atoms with Gasteiger partial charge in [-0.1, -0.05) is 5.16 Å². The van der Waals surface area contributed by atoms with E-state index in [1.165, 1.54) is 5.00 Å². The molecule has 0 unspecified atom stereocenters. The van der Waals surface area contributed by atoms with E-state index in [9.17, 15) is 0 Å².